The molecule has 1 N–H and O–H groups in total. The Labute approximate surface area is 77.2 Å². The first-order valence-electron chi connectivity index (χ1n) is 4.65. The van der Waals surface area contributed by atoms with Gasteiger partial charge in [-0.05, 0) is 25.5 Å². The van der Waals surface area contributed by atoms with Gasteiger partial charge >= 0.3 is 0 Å². The number of hydrogen-bond acceptors (Lipinski definition) is 2. The van der Waals surface area contributed by atoms with Crippen molar-refractivity contribution in [3.63, 3.8) is 0 Å². The molecule has 2 atom stereocenters. The number of rotatable bonds is 2. The molecule has 70 valence electrons. The molecule has 0 saturated carbocycles. The molecule has 1 aliphatic rings. The van der Waals surface area contributed by atoms with E-state index in [9.17, 15) is 4.39 Å². The van der Waals surface area contributed by atoms with Crippen LogP contribution in [0.1, 0.15) is 24.6 Å². The summed E-state index contributed by atoms with van der Waals surface area (Å²) in [6.07, 6.45) is 4.36. The van der Waals surface area contributed by atoms with Gasteiger partial charge in [0.05, 0.1) is 0 Å². The molecule has 0 aliphatic carbocycles. The van der Waals surface area contributed by atoms with Crippen LogP contribution in [-0.2, 0) is 0 Å². The summed E-state index contributed by atoms with van der Waals surface area (Å²) in [5.41, 5.74) is 0.682. The summed E-state index contributed by atoms with van der Waals surface area (Å²) < 4.78 is 13.7. The van der Waals surface area contributed by atoms with E-state index in [1.54, 1.807) is 24.5 Å². The van der Waals surface area contributed by atoms with Gasteiger partial charge < -0.3 is 5.32 Å². The first-order chi connectivity index (χ1) is 6.38. The Morgan fingerprint density at radius 1 is 1.62 bits per heavy atom. The predicted molar refractivity (Wildman–Crippen MR) is 49.1 cm³/mol. The topological polar surface area (TPSA) is 24.9 Å². The van der Waals surface area contributed by atoms with Gasteiger partial charge in [-0.1, -0.05) is 6.07 Å². The lowest BCUT2D eigenvalue weighted by molar-refractivity contribution is 0.270. The van der Waals surface area contributed by atoms with Crippen molar-refractivity contribution in [2.24, 2.45) is 0 Å². The summed E-state index contributed by atoms with van der Waals surface area (Å²) in [4.78, 5) is 3.91. The molecule has 2 unspecified atom stereocenters. The lowest BCUT2D eigenvalue weighted by atomic mass is 10.0. The van der Waals surface area contributed by atoms with Gasteiger partial charge in [-0.2, -0.15) is 0 Å². The number of pyridine rings is 1. The lowest BCUT2D eigenvalue weighted by Gasteiger charge is -2.15. The van der Waals surface area contributed by atoms with Gasteiger partial charge in [-0.25, -0.2) is 4.39 Å². The van der Waals surface area contributed by atoms with Crippen molar-refractivity contribution in [3.8, 4) is 0 Å². The van der Waals surface area contributed by atoms with Crippen LogP contribution in [0.25, 0.3) is 0 Å². The maximum absolute atomic E-state index is 13.7. The highest BCUT2D eigenvalue weighted by molar-refractivity contribution is 5.14. The predicted octanol–water partition coefficient (Wildman–Crippen LogP) is 1.84. The third-order valence-electron chi connectivity index (χ3n) is 2.45. The number of nitrogens with one attached hydrogen (secondary N) is 1. The van der Waals surface area contributed by atoms with E-state index in [-0.39, 0.29) is 6.04 Å². The SMILES string of the molecule is FC(c1cccnc1)C1CCCN1. The van der Waals surface area contributed by atoms with Crippen LogP contribution in [0.4, 0.5) is 4.39 Å². The van der Waals surface area contributed by atoms with Gasteiger partial charge in [-0.3, -0.25) is 4.98 Å². The Balaban J connectivity index is 2.08. The standard InChI is InChI=1S/C10H13FN2/c11-10(9-4-2-6-13-9)8-3-1-5-12-7-8/h1,3,5,7,9-10,13H,2,4,6H2. The van der Waals surface area contributed by atoms with Crippen LogP contribution < -0.4 is 5.32 Å². The molecular weight excluding hydrogens is 167 g/mol. The first kappa shape index (κ1) is 8.63. The van der Waals surface area contributed by atoms with E-state index in [0.717, 1.165) is 19.4 Å². The van der Waals surface area contributed by atoms with Crippen molar-refractivity contribution in [2.75, 3.05) is 6.54 Å². The zero-order valence-electron chi connectivity index (χ0n) is 7.41. The zero-order chi connectivity index (χ0) is 9.10. The van der Waals surface area contributed by atoms with Gasteiger partial charge in [0.15, 0.2) is 0 Å². The van der Waals surface area contributed by atoms with Crippen LogP contribution in [0, 0.1) is 0 Å². The van der Waals surface area contributed by atoms with Crippen LogP contribution >= 0.6 is 0 Å². The molecule has 0 spiro atoms. The second-order valence-electron chi connectivity index (χ2n) is 3.39. The fraction of sp³-hybridized carbons (Fsp3) is 0.500. The van der Waals surface area contributed by atoms with Crippen LogP contribution in [0.3, 0.4) is 0 Å². The van der Waals surface area contributed by atoms with E-state index in [1.165, 1.54) is 0 Å². The summed E-state index contributed by atoms with van der Waals surface area (Å²) in [6, 6.07) is 3.55. The minimum atomic E-state index is -0.906. The van der Waals surface area contributed by atoms with Gasteiger partial charge in [0.2, 0.25) is 0 Å². The molecule has 0 aromatic carbocycles. The fourth-order valence-corrected chi connectivity index (χ4v) is 1.73. The smallest absolute Gasteiger partial charge is 0.142 e. The number of aromatic nitrogens is 1. The maximum Gasteiger partial charge on any atom is 0.142 e. The minimum Gasteiger partial charge on any atom is -0.311 e. The summed E-state index contributed by atoms with van der Waals surface area (Å²) in [5.74, 6) is 0. The lowest BCUT2D eigenvalue weighted by Crippen LogP contribution is -2.26. The van der Waals surface area contributed by atoms with Crippen molar-refractivity contribution >= 4 is 0 Å². The number of halogens is 1. The molecule has 3 heteroatoms. The van der Waals surface area contributed by atoms with Crippen LogP contribution in [-0.4, -0.2) is 17.6 Å². The minimum absolute atomic E-state index is 0.0100. The van der Waals surface area contributed by atoms with E-state index in [1.807, 2.05) is 0 Å². The van der Waals surface area contributed by atoms with Gasteiger partial charge in [0.1, 0.15) is 6.17 Å². The van der Waals surface area contributed by atoms with Gasteiger partial charge in [0.25, 0.3) is 0 Å². The highest BCUT2D eigenvalue weighted by Gasteiger charge is 2.25. The monoisotopic (exact) mass is 180 g/mol. The molecule has 1 aliphatic heterocycles. The summed E-state index contributed by atoms with van der Waals surface area (Å²) in [6.45, 7) is 0.936. The molecule has 1 saturated heterocycles. The Hall–Kier alpha value is -0.960. The molecule has 2 rings (SSSR count). The molecule has 0 bridgehead atoms. The van der Waals surface area contributed by atoms with E-state index in [0.29, 0.717) is 5.56 Å². The van der Waals surface area contributed by atoms with Crippen molar-refractivity contribution in [3.05, 3.63) is 30.1 Å². The molecule has 1 aromatic rings. The Bertz CT molecular complexity index is 257. The van der Waals surface area contributed by atoms with E-state index >= 15 is 0 Å². The average Bonchev–Trinajstić information content (AvgIpc) is 2.71. The van der Waals surface area contributed by atoms with Crippen molar-refractivity contribution in [2.45, 2.75) is 25.1 Å². The quantitative estimate of drug-likeness (QED) is 0.751. The summed E-state index contributed by atoms with van der Waals surface area (Å²) >= 11 is 0. The fourth-order valence-electron chi connectivity index (χ4n) is 1.73. The maximum atomic E-state index is 13.7. The van der Waals surface area contributed by atoms with Crippen LogP contribution in [0.15, 0.2) is 24.5 Å². The first-order valence-corrected chi connectivity index (χ1v) is 4.65. The van der Waals surface area contributed by atoms with Crippen molar-refractivity contribution in [1.82, 2.24) is 10.3 Å². The Morgan fingerprint density at radius 3 is 3.15 bits per heavy atom. The van der Waals surface area contributed by atoms with E-state index in [4.69, 9.17) is 0 Å². The summed E-state index contributed by atoms with van der Waals surface area (Å²) in [5, 5.41) is 3.15. The van der Waals surface area contributed by atoms with Gasteiger partial charge in [0, 0.05) is 24.0 Å². The molecule has 0 amide bonds. The van der Waals surface area contributed by atoms with Crippen molar-refractivity contribution < 1.29 is 4.39 Å². The normalized spacial score (nSPS) is 24.5. The molecular formula is C10H13FN2. The summed E-state index contributed by atoms with van der Waals surface area (Å²) in [7, 11) is 0. The number of alkyl halides is 1. The Kier molecular flexibility index (Phi) is 2.54. The third kappa shape index (κ3) is 1.86. The second kappa shape index (κ2) is 3.83. The van der Waals surface area contributed by atoms with Crippen molar-refractivity contribution in [1.29, 1.82) is 0 Å². The van der Waals surface area contributed by atoms with E-state index < -0.39 is 6.17 Å². The molecule has 2 heterocycles. The molecule has 13 heavy (non-hydrogen) atoms. The molecule has 1 fully saturated rings. The average molecular weight is 180 g/mol. The largest absolute Gasteiger partial charge is 0.311 e. The number of hydrogen-bond donors (Lipinski definition) is 1. The molecule has 1 aromatic heterocycles. The van der Waals surface area contributed by atoms with Crippen LogP contribution in [0.5, 0.6) is 0 Å². The second-order valence-corrected chi connectivity index (χ2v) is 3.39. The Morgan fingerprint density at radius 2 is 2.54 bits per heavy atom. The van der Waals surface area contributed by atoms with Crippen LogP contribution in [0.2, 0.25) is 0 Å². The molecule has 0 radical (unpaired) electrons. The van der Waals surface area contributed by atoms with E-state index in [2.05, 4.69) is 10.3 Å². The highest BCUT2D eigenvalue weighted by atomic mass is 19.1. The number of nitrogens with zero attached hydrogens (tertiary/aromatic N) is 1. The highest BCUT2D eigenvalue weighted by Crippen LogP contribution is 2.25. The third-order valence-corrected chi connectivity index (χ3v) is 2.45. The molecule has 2 nitrogen and oxygen atoms in total. The van der Waals surface area contributed by atoms with Gasteiger partial charge in [-0.15, -0.1) is 0 Å². The zero-order valence-corrected chi connectivity index (χ0v) is 7.41.